The van der Waals surface area contributed by atoms with Crippen LogP contribution in [0.3, 0.4) is 0 Å². The Morgan fingerprint density at radius 2 is 2.05 bits per heavy atom. The summed E-state index contributed by atoms with van der Waals surface area (Å²) in [5.74, 6) is 0.322. The fourth-order valence-corrected chi connectivity index (χ4v) is 1.77. The molecule has 0 atom stereocenters. The lowest BCUT2D eigenvalue weighted by molar-refractivity contribution is -0.142. The number of carbonyl (C=O) groups excluding carboxylic acids is 2. The third-order valence-electron chi connectivity index (χ3n) is 2.55. The summed E-state index contributed by atoms with van der Waals surface area (Å²) in [5.41, 5.74) is -0.511. The molecule has 0 unspecified atom stereocenters. The minimum atomic E-state index is -0.511. The summed E-state index contributed by atoms with van der Waals surface area (Å²) in [4.78, 5) is 25.9. The first-order valence-electron chi connectivity index (χ1n) is 6.69. The van der Waals surface area contributed by atoms with Crippen LogP contribution in [-0.4, -0.2) is 35.0 Å². The van der Waals surface area contributed by atoms with Crippen molar-refractivity contribution in [1.82, 2.24) is 10.1 Å². The number of aromatic nitrogens is 1. The van der Waals surface area contributed by atoms with Crippen LogP contribution in [0.2, 0.25) is 0 Å². The molecule has 0 aromatic carbocycles. The van der Waals surface area contributed by atoms with Crippen LogP contribution >= 0.6 is 0 Å². The summed E-state index contributed by atoms with van der Waals surface area (Å²) >= 11 is 0. The third kappa shape index (κ3) is 5.03. The van der Waals surface area contributed by atoms with E-state index in [9.17, 15) is 9.59 Å². The van der Waals surface area contributed by atoms with E-state index in [0.29, 0.717) is 18.3 Å². The van der Waals surface area contributed by atoms with Crippen LogP contribution in [0.1, 0.15) is 34.6 Å². The summed E-state index contributed by atoms with van der Waals surface area (Å²) in [6.07, 6.45) is 1.38. The van der Waals surface area contributed by atoms with Crippen LogP contribution in [0.5, 0.6) is 0 Å². The first-order chi connectivity index (χ1) is 9.20. The maximum Gasteiger partial charge on any atom is 0.245 e. The van der Waals surface area contributed by atoms with Crippen molar-refractivity contribution in [3.8, 4) is 0 Å². The normalized spacial score (nSPS) is 11.5. The molecule has 0 aliphatic heterocycles. The standard InChI is InChI=1S/C14H23N3O3/c1-10(2)8-17(13(19)14(3,4)5)9-12(18)15-11-6-7-20-16-11/h6-7,10H,8-9H2,1-5H3,(H,15,16,18). The molecule has 0 saturated heterocycles. The predicted molar refractivity (Wildman–Crippen MR) is 76.0 cm³/mol. The van der Waals surface area contributed by atoms with E-state index in [0.717, 1.165) is 0 Å². The van der Waals surface area contributed by atoms with Gasteiger partial charge in [0.1, 0.15) is 6.26 Å². The molecule has 1 aromatic heterocycles. The minimum absolute atomic E-state index is 0.0150. The Morgan fingerprint density at radius 1 is 1.40 bits per heavy atom. The average Bonchev–Trinajstić information content (AvgIpc) is 2.77. The highest BCUT2D eigenvalue weighted by Gasteiger charge is 2.29. The van der Waals surface area contributed by atoms with Crippen molar-refractivity contribution in [3.63, 3.8) is 0 Å². The number of nitrogens with one attached hydrogen (secondary N) is 1. The van der Waals surface area contributed by atoms with Gasteiger partial charge in [0.25, 0.3) is 0 Å². The van der Waals surface area contributed by atoms with Gasteiger partial charge in [0, 0.05) is 18.0 Å². The Hall–Kier alpha value is -1.85. The van der Waals surface area contributed by atoms with Crippen molar-refractivity contribution in [1.29, 1.82) is 0 Å². The minimum Gasteiger partial charge on any atom is -0.363 e. The van der Waals surface area contributed by atoms with Crippen LogP contribution < -0.4 is 5.32 Å². The fraction of sp³-hybridized carbons (Fsp3) is 0.643. The molecule has 0 radical (unpaired) electrons. The molecule has 6 heteroatoms. The summed E-state index contributed by atoms with van der Waals surface area (Å²) < 4.78 is 4.64. The van der Waals surface area contributed by atoms with Crippen LogP contribution in [0, 0.1) is 11.3 Å². The summed E-state index contributed by atoms with van der Waals surface area (Å²) in [6, 6.07) is 1.55. The van der Waals surface area contributed by atoms with E-state index < -0.39 is 5.41 Å². The fourth-order valence-electron chi connectivity index (χ4n) is 1.77. The molecule has 20 heavy (non-hydrogen) atoms. The molecule has 0 aliphatic carbocycles. The van der Waals surface area contributed by atoms with Crippen molar-refractivity contribution >= 4 is 17.6 Å². The molecule has 112 valence electrons. The lowest BCUT2D eigenvalue weighted by atomic mass is 9.94. The number of nitrogens with zero attached hydrogens (tertiary/aromatic N) is 2. The summed E-state index contributed by atoms with van der Waals surface area (Å²) in [5, 5.41) is 6.20. The van der Waals surface area contributed by atoms with Gasteiger partial charge in [-0.25, -0.2) is 0 Å². The molecule has 1 aromatic rings. The van der Waals surface area contributed by atoms with E-state index in [2.05, 4.69) is 15.0 Å². The molecule has 0 bridgehead atoms. The third-order valence-corrected chi connectivity index (χ3v) is 2.55. The van der Waals surface area contributed by atoms with Gasteiger partial charge in [-0.1, -0.05) is 39.8 Å². The van der Waals surface area contributed by atoms with Gasteiger partial charge in [0.15, 0.2) is 5.82 Å². The Balaban J connectivity index is 2.69. The zero-order valence-corrected chi connectivity index (χ0v) is 12.8. The molecule has 0 aliphatic rings. The smallest absolute Gasteiger partial charge is 0.245 e. The maximum absolute atomic E-state index is 12.3. The highest BCUT2D eigenvalue weighted by molar-refractivity contribution is 5.94. The van der Waals surface area contributed by atoms with Gasteiger partial charge in [-0.05, 0) is 5.92 Å². The zero-order chi connectivity index (χ0) is 15.3. The van der Waals surface area contributed by atoms with Gasteiger partial charge in [-0.15, -0.1) is 0 Å². The number of amides is 2. The van der Waals surface area contributed by atoms with E-state index in [4.69, 9.17) is 0 Å². The molecule has 1 rings (SSSR count). The molecule has 0 spiro atoms. The second-order valence-corrected chi connectivity index (χ2v) is 6.26. The average molecular weight is 281 g/mol. The largest absolute Gasteiger partial charge is 0.363 e. The quantitative estimate of drug-likeness (QED) is 0.897. The van der Waals surface area contributed by atoms with Gasteiger partial charge in [0.2, 0.25) is 11.8 Å². The van der Waals surface area contributed by atoms with Gasteiger partial charge in [-0.3, -0.25) is 9.59 Å². The zero-order valence-electron chi connectivity index (χ0n) is 12.8. The van der Waals surface area contributed by atoms with Crippen LogP contribution in [0.25, 0.3) is 0 Å². The molecule has 1 N–H and O–H groups in total. The van der Waals surface area contributed by atoms with E-state index >= 15 is 0 Å². The number of carbonyl (C=O) groups is 2. The molecule has 1 heterocycles. The van der Waals surface area contributed by atoms with Gasteiger partial charge in [-0.2, -0.15) is 0 Å². The highest BCUT2D eigenvalue weighted by Crippen LogP contribution is 2.18. The van der Waals surface area contributed by atoms with Crippen molar-refractivity contribution in [2.75, 3.05) is 18.4 Å². The van der Waals surface area contributed by atoms with E-state index in [1.165, 1.54) is 6.26 Å². The lowest BCUT2D eigenvalue weighted by Crippen LogP contribution is -2.45. The van der Waals surface area contributed by atoms with Gasteiger partial charge >= 0.3 is 0 Å². The molecule has 0 saturated carbocycles. The molecular weight excluding hydrogens is 258 g/mol. The number of hydrogen-bond donors (Lipinski definition) is 1. The number of rotatable bonds is 5. The molecule has 2 amide bonds. The van der Waals surface area contributed by atoms with Gasteiger partial charge in [0.05, 0.1) is 6.54 Å². The van der Waals surface area contributed by atoms with E-state index in [-0.39, 0.29) is 18.4 Å². The molecule has 6 nitrogen and oxygen atoms in total. The Labute approximate surface area is 119 Å². The first kappa shape index (κ1) is 16.2. The number of anilines is 1. The molecular formula is C14H23N3O3. The maximum atomic E-state index is 12.3. The van der Waals surface area contributed by atoms with E-state index in [1.54, 1.807) is 11.0 Å². The predicted octanol–water partition coefficient (Wildman–Crippen LogP) is 2.14. The van der Waals surface area contributed by atoms with Crippen molar-refractivity contribution < 1.29 is 14.1 Å². The van der Waals surface area contributed by atoms with Crippen LogP contribution in [-0.2, 0) is 9.59 Å². The Morgan fingerprint density at radius 3 is 2.50 bits per heavy atom. The van der Waals surface area contributed by atoms with Gasteiger partial charge < -0.3 is 14.7 Å². The molecule has 0 fully saturated rings. The monoisotopic (exact) mass is 281 g/mol. The van der Waals surface area contributed by atoms with Crippen molar-refractivity contribution in [3.05, 3.63) is 12.3 Å². The SMILES string of the molecule is CC(C)CN(CC(=O)Nc1ccon1)C(=O)C(C)(C)C. The Kier molecular flexibility index (Phi) is 5.30. The first-order valence-corrected chi connectivity index (χ1v) is 6.69. The van der Waals surface area contributed by atoms with E-state index in [1.807, 2.05) is 34.6 Å². The topological polar surface area (TPSA) is 75.4 Å². The summed E-state index contributed by atoms with van der Waals surface area (Å²) in [7, 11) is 0. The second-order valence-electron chi connectivity index (χ2n) is 6.26. The van der Waals surface area contributed by atoms with Crippen molar-refractivity contribution in [2.45, 2.75) is 34.6 Å². The van der Waals surface area contributed by atoms with Crippen LogP contribution in [0.4, 0.5) is 5.82 Å². The second kappa shape index (κ2) is 6.54. The Bertz CT molecular complexity index is 447. The van der Waals surface area contributed by atoms with Crippen molar-refractivity contribution in [2.24, 2.45) is 11.3 Å². The number of hydrogen-bond acceptors (Lipinski definition) is 4. The highest BCUT2D eigenvalue weighted by atomic mass is 16.5. The summed E-state index contributed by atoms with van der Waals surface area (Å²) in [6.45, 7) is 10.1. The van der Waals surface area contributed by atoms with Crippen LogP contribution in [0.15, 0.2) is 16.9 Å². The lowest BCUT2D eigenvalue weighted by Gasteiger charge is -2.30.